The van der Waals surface area contributed by atoms with Gasteiger partial charge in [-0.15, -0.1) is 0 Å². The molecular formula is C12H23N3O2. The van der Waals surface area contributed by atoms with Gasteiger partial charge < -0.3 is 15.7 Å². The molecule has 3 N–H and O–H groups in total. The van der Waals surface area contributed by atoms with Crippen molar-refractivity contribution in [3.63, 3.8) is 0 Å². The van der Waals surface area contributed by atoms with E-state index >= 15 is 0 Å². The quantitative estimate of drug-likeness (QED) is 0.710. The highest BCUT2D eigenvalue weighted by Gasteiger charge is 2.43. The summed E-state index contributed by atoms with van der Waals surface area (Å²) in [4.78, 5) is 15.9. The van der Waals surface area contributed by atoms with Crippen molar-refractivity contribution in [1.82, 2.24) is 9.80 Å². The Balaban J connectivity index is 1.94. The average Bonchev–Trinajstić information content (AvgIpc) is 2.54. The number of rotatable bonds is 2. The molecule has 98 valence electrons. The summed E-state index contributed by atoms with van der Waals surface area (Å²) in [6, 6.07) is 0.364. The summed E-state index contributed by atoms with van der Waals surface area (Å²) < 4.78 is 0. The fraction of sp³-hybridized carbons (Fsp3) is 0.917. The average molecular weight is 241 g/mol. The van der Waals surface area contributed by atoms with Gasteiger partial charge in [0, 0.05) is 19.1 Å². The van der Waals surface area contributed by atoms with E-state index in [1.54, 1.807) is 0 Å². The third-order valence-electron chi connectivity index (χ3n) is 4.22. The van der Waals surface area contributed by atoms with Crippen molar-refractivity contribution in [1.29, 1.82) is 0 Å². The minimum Gasteiger partial charge on any atom is -0.480 e. The molecule has 0 radical (unpaired) electrons. The lowest BCUT2D eigenvalue weighted by atomic mass is 9.99. The molecule has 1 saturated carbocycles. The largest absolute Gasteiger partial charge is 0.480 e. The Kier molecular flexibility index (Phi) is 3.70. The molecule has 2 rings (SSSR count). The van der Waals surface area contributed by atoms with E-state index in [2.05, 4.69) is 16.8 Å². The van der Waals surface area contributed by atoms with Crippen LogP contribution in [0.15, 0.2) is 0 Å². The zero-order valence-corrected chi connectivity index (χ0v) is 10.6. The summed E-state index contributed by atoms with van der Waals surface area (Å²) in [6.07, 6.45) is 3.30. The fourth-order valence-electron chi connectivity index (χ4n) is 2.99. The Morgan fingerprint density at radius 1 is 1.35 bits per heavy atom. The first-order valence-corrected chi connectivity index (χ1v) is 6.46. The lowest BCUT2D eigenvalue weighted by molar-refractivity contribution is -0.143. The number of hydrogen-bond acceptors (Lipinski definition) is 4. The highest BCUT2D eigenvalue weighted by Crippen LogP contribution is 2.31. The first kappa shape index (κ1) is 12.8. The van der Waals surface area contributed by atoms with E-state index in [0.29, 0.717) is 18.9 Å². The van der Waals surface area contributed by atoms with E-state index in [0.717, 1.165) is 39.0 Å². The number of aliphatic carboxylic acids is 1. The molecular weight excluding hydrogens is 218 g/mol. The van der Waals surface area contributed by atoms with Crippen LogP contribution in [0.2, 0.25) is 0 Å². The van der Waals surface area contributed by atoms with Gasteiger partial charge in [-0.2, -0.15) is 0 Å². The molecule has 0 bridgehead atoms. The third-order valence-corrected chi connectivity index (χ3v) is 4.22. The predicted molar refractivity (Wildman–Crippen MR) is 65.9 cm³/mol. The molecule has 2 aliphatic rings. The van der Waals surface area contributed by atoms with Gasteiger partial charge in [-0.05, 0) is 45.8 Å². The van der Waals surface area contributed by atoms with Gasteiger partial charge >= 0.3 is 5.97 Å². The molecule has 0 amide bonds. The van der Waals surface area contributed by atoms with Crippen LogP contribution in [0.5, 0.6) is 0 Å². The number of carbonyl (C=O) groups is 1. The van der Waals surface area contributed by atoms with Crippen LogP contribution in [0.4, 0.5) is 0 Å². The second kappa shape index (κ2) is 4.92. The van der Waals surface area contributed by atoms with Crippen LogP contribution in [-0.2, 0) is 4.79 Å². The van der Waals surface area contributed by atoms with Crippen LogP contribution in [0.25, 0.3) is 0 Å². The van der Waals surface area contributed by atoms with Gasteiger partial charge in [0.15, 0.2) is 0 Å². The highest BCUT2D eigenvalue weighted by molar-refractivity contribution is 5.79. The van der Waals surface area contributed by atoms with Gasteiger partial charge in [0.1, 0.15) is 5.54 Å². The SMILES string of the molecule is CN1CCCN(C2CCC(N)(C(=O)O)C2)CC1. The number of nitrogens with zero attached hydrogens (tertiary/aromatic N) is 2. The van der Waals surface area contributed by atoms with E-state index in [-0.39, 0.29) is 0 Å². The zero-order chi connectivity index (χ0) is 12.5. The lowest BCUT2D eigenvalue weighted by Crippen LogP contribution is -2.47. The van der Waals surface area contributed by atoms with E-state index in [1.807, 2.05) is 0 Å². The molecule has 1 heterocycles. The predicted octanol–water partition coefficient (Wildman–Crippen LogP) is -0.0415. The summed E-state index contributed by atoms with van der Waals surface area (Å²) >= 11 is 0. The van der Waals surface area contributed by atoms with E-state index in [9.17, 15) is 4.79 Å². The van der Waals surface area contributed by atoms with Crippen molar-refractivity contribution in [2.75, 3.05) is 33.2 Å². The molecule has 0 aromatic heterocycles. The summed E-state index contributed by atoms with van der Waals surface area (Å²) in [5.41, 5.74) is 4.95. The molecule has 17 heavy (non-hydrogen) atoms. The van der Waals surface area contributed by atoms with Crippen molar-refractivity contribution < 1.29 is 9.90 Å². The Labute approximate surface area is 103 Å². The third kappa shape index (κ3) is 2.78. The van der Waals surface area contributed by atoms with Crippen LogP contribution in [-0.4, -0.2) is 65.7 Å². The highest BCUT2D eigenvalue weighted by atomic mass is 16.4. The van der Waals surface area contributed by atoms with Crippen LogP contribution in [0.3, 0.4) is 0 Å². The Hall–Kier alpha value is -0.650. The molecule has 1 aliphatic carbocycles. The summed E-state index contributed by atoms with van der Waals surface area (Å²) in [5, 5.41) is 9.13. The van der Waals surface area contributed by atoms with E-state index in [1.165, 1.54) is 0 Å². The van der Waals surface area contributed by atoms with Gasteiger partial charge in [0.25, 0.3) is 0 Å². The van der Waals surface area contributed by atoms with Crippen molar-refractivity contribution in [3.05, 3.63) is 0 Å². The number of nitrogens with two attached hydrogens (primary N) is 1. The van der Waals surface area contributed by atoms with Crippen LogP contribution >= 0.6 is 0 Å². The maximum absolute atomic E-state index is 11.1. The van der Waals surface area contributed by atoms with E-state index < -0.39 is 11.5 Å². The fourth-order valence-corrected chi connectivity index (χ4v) is 2.99. The molecule has 2 atom stereocenters. The van der Waals surface area contributed by atoms with Crippen molar-refractivity contribution >= 4 is 5.97 Å². The first-order chi connectivity index (χ1) is 8.01. The Morgan fingerprint density at radius 2 is 2.12 bits per heavy atom. The van der Waals surface area contributed by atoms with Gasteiger partial charge in [-0.25, -0.2) is 0 Å². The number of hydrogen-bond donors (Lipinski definition) is 2. The minimum absolute atomic E-state index is 0.364. The van der Waals surface area contributed by atoms with Gasteiger partial charge in [-0.3, -0.25) is 9.69 Å². The minimum atomic E-state index is -0.983. The molecule has 5 heteroatoms. The smallest absolute Gasteiger partial charge is 0.323 e. The maximum Gasteiger partial charge on any atom is 0.323 e. The van der Waals surface area contributed by atoms with Crippen molar-refractivity contribution in [2.45, 2.75) is 37.3 Å². The van der Waals surface area contributed by atoms with Gasteiger partial charge in [0.2, 0.25) is 0 Å². The second-order valence-electron chi connectivity index (χ2n) is 5.55. The summed E-state index contributed by atoms with van der Waals surface area (Å²) in [7, 11) is 2.14. The van der Waals surface area contributed by atoms with E-state index in [4.69, 9.17) is 10.8 Å². The monoisotopic (exact) mass is 241 g/mol. The normalized spacial score (nSPS) is 36.9. The topological polar surface area (TPSA) is 69.8 Å². The van der Waals surface area contributed by atoms with Crippen LogP contribution in [0.1, 0.15) is 25.7 Å². The second-order valence-corrected chi connectivity index (χ2v) is 5.55. The maximum atomic E-state index is 11.1. The molecule has 0 spiro atoms. The molecule has 5 nitrogen and oxygen atoms in total. The Bertz CT molecular complexity index is 297. The molecule has 0 aromatic carbocycles. The van der Waals surface area contributed by atoms with Gasteiger partial charge in [0.05, 0.1) is 0 Å². The zero-order valence-electron chi connectivity index (χ0n) is 10.6. The molecule has 2 fully saturated rings. The molecule has 1 aliphatic heterocycles. The van der Waals surface area contributed by atoms with Crippen LogP contribution in [0, 0.1) is 0 Å². The Morgan fingerprint density at radius 3 is 2.76 bits per heavy atom. The lowest BCUT2D eigenvalue weighted by Gasteiger charge is -2.28. The number of likely N-dealkylation sites (N-methyl/N-ethyl adjacent to an activating group) is 1. The summed E-state index contributed by atoms with van der Waals surface area (Å²) in [5.74, 6) is -0.841. The standard InChI is InChI=1S/C12H23N3O2/c1-14-5-2-6-15(8-7-14)10-3-4-12(13,9-10)11(16)17/h10H,2-9,13H2,1H3,(H,16,17). The van der Waals surface area contributed by atoms with Crippen molar-refractivity contribution in [2.24, 2.45) is 5.73 Å². The van der Waals surface area contributed by atoms with Gasteiger partial charge in [-0.1, -0.05) is 0 Å². The van der Waals surface area contributed by atoms with Crippen molar-refractivity contribution in [3.8, 4) is 0 Å². The molecule has 1 saturated heterocycles. The first-order valence-electron chi connectivity index (χ1n) is 6.46. The van der Waals surface area contributed by atoms with Crippen LogP contribution < -0.4 is 5.73 Å². The number of carboxylic acid groups (broad SMARTS) is 1. The summed E-state index contributed by atoms with van der Waals surface area (Å²) in [6.45, 7) is 4.32. The number of carboxylic acids is 1. The molecule has 0 aromatic rings. The molecule has 2 unspecified atom stereocenters.